The molecule has 0 atom stereocenters. The lowest BCUT2D eigenvalue weighted by Gasteiger charge is -2.00. The number of fused-ring (bicyclic) bond motifs is 2. The van der Waals surface area contributed by atoms with E-state index in [2.05, 4.69) is 22.1 Å². The van der Waals surface area contributed by atoms with Gasteiger partial charge in [0.2, 0.25) is 0 Å². The number of nitrogens with zero attached hydrogens (tertiary/aromatic N) is 2. The van der Waals surface area contributed by atoms with Gasteiger partial charge in [-0.25, -0.2) is 0 Å². The topological polar surface area (TPSA) is 38.4 Å². The Bertz CT molecular complexity index is 820. The predicted molar refractivity (Wildman–Crippen MR) is 75.8 cm³/mol. The maximum Gasteiger partial charge on any atom is 0.171 e. The zero-order chi connectivity index (χ0) is 12.8. The molecule has 0 unspecified atom stereocenters. The fourth-order valence-electron chi connectivity index (χ4n) is 2.31. The van der Waals surface area contributed by atoms with Crippen LogP contribution in [0.1, 0.15) is 11.1 Å². The van der Waals surface area contributed by atoms with E-state index < -0.39 is 0 Å². The molecular weight excluding hydrogens is 260 g/mol. The summed E-state index contributed by atoms with van der Waals surface area (Å²) in [5, 5.41) is 0.584. The molecule has 92 valence electrons. The lowest BCUT2D eigenvalue weighted by Crippen LogP contribution is -1.84. The summed E-state index contributed by atoms with van der Waals surface area (Å²) in [6, 6.07) is 9.84. The first-order valence-electron chi connectivity index (χ1n) is 5.98. The molecule has 0 saturated carbocycles. The first kappa shape index (κ1) is 10.8. The van der Waals surface area contributed by atoms with Crippen molar-refractivity contribution in [2.24, 2.45) is 4.99 Å². The van der Waals surface area contributed by atoms with Gasteiger partial charge in [-0.1, -0.05) is 23.7 Å². The minimum Gasteiger partial charge on any atom is -0.453 e. The molecule has 0 amide bonds. The SMILES string of the molecule is Clc1ccnc2cc(-c3ccc4c(c3)CN=C4)oc12. The van der Waals surface area contributed by atoms with Crippen LogP contribution in [0.2, 0.25) is 5.02 Å². The molecule has 1 aliphatic rings. The Kier molecular flexibility index (Phi) is 2.23. The second-order valence-corrected chi connectivity index (χ2v) is 4.91. The third-order valence-electron chi connectivity index (χ3n) is 3.28. The average Bonchev–Trinajstić information content (AvgIpc) is 3.04. The van der Waals surface area contributed by atoms with Crippen LogP contribution >= 0.6 is 11.6 Å². The molecule has 1 aromatic carbocycles. The number of halogens is 1. The van der Waals surface area contributed by atoms with Crippen LogP contribution in [-0.2, 0) is 6.54 Å². The predicted octanol–water partition coefficient (Wildman–Crippen LogP) is 4.08. The largest absolute Gasteiger partial charge is 0.453 e. The molecule has 3 aromatic rings. The third kappa shape index (κ3) is 1.66. The van der Waals surface area contributed by atoms with E-state index in [0.29, 0.717) is 10.6 Å². The van der Waals surface area contributed by atoms with Gasteiger partial charge in [0.05, 0.1) is 11.6 Å². The van der Waals surface area contributed by atoms with Crippen molar-refractivity contribution >= 4 is 28.9 Å². The van der Waals surface area contributed by atoms with Crippen LogP contribution in [0.5, 0.6) is 0 Å². The highest BCUT2D eigenvalue weighted by Gasteiger charge is 2.12. The molecule has 0 saturated heterocycles. The third-order valence-corrected chi connectivity index (χ3v) is 3.58. The summed E-state index contributed by atoms with van der Waals surface area (Å²) in [5.74, 6) is 0.783. The molecule has 0 aliphatic carbocycles. The van der Waals surface area contributed by atoms with Crippen LogP contribution in [0.3, 0.4) is 0 Å². The van der Waals surface area contributed by atoms with Crippen LogP contribution in [0, 0.1) is 0 Å². The van der Waals surface area contributed by atoms with Crippen molar-refractivity contribution in [3.63, 3.8) is 0 Å². The van der Waals surface area contributed by atoms with Gasteiger partial charge in [-0.15, -0.1) is 0 Å². The Hall–Kier alpha value is -2.13. The standard InChI is InChI=1S/C15H9ClN2O/c16-12-3-4-18-13-6-14(19-15(12)13)9-1-2-10-7-17-8-11(10)5-9/h1-7H,8H2. The second-order valence-electron chi connectivity index (χ2n) is 4.50. The molecule has 1 aliphatic heterocycles. The molecule has 2 aromatic heterocycles. The summed E-state index contributed by atoms with van der Waals surface area (Å²) in [6.07, 6.45) is 3.58. The van der Waals surface area contributed by atoms with Crippen LogP contribution in [0.25, 0.3) is 22.4 Å². The van der Waals surface area contributed by atoms with Gasteiger partial charge >= 0.3 is 0 Å². The monoisotopic (exact) mass is 268 g/mol. The lowest BCUT2D eigenvalue weighted by atomic mass is 10.0. The summed E-state index contributed by atoms with van der Waals surface area (Å²) < 4.78 is 5.81. The van der Waals surface area contributed by atoms with E-state index in [-0.39, 0.29) is 0 Å². The van der Waals surface area contributed by atoms with Crippen LogP contribution in [0.15, 0.2) is 45.9 Å². The van der Waals surface area contributed by atoms with Crippen molar-refractivity contribution in [2.45, 2.75) is 6.54 Å². The van der Waals surface area contributed by atoms with Gasteiger partial charge in [0.25, 0.3) is 0 Å². The highest BCUT2D eigenvalue weighted by atomic mass is 35.5. The van der Waals surface area contributed by atoms with Crippen molar-refractivity contribution in [1.29, 1.82) is 0 Å². The maximum absolute atomic E-state index is 6.10. The Morgan fingerprint density at radius 3 is 3.00 bits per heavy atom. The van der Waals surface area contributed by atoms with Crippen LogP contribution < -0.4 is 0 Å². The molecule has 4 rings (SSSR count). The first-order chi connectivity index (χ1) is 9.31. The Balaban J connectivity index is 1.88. The number of aliphatic imine (C=N–C) groups is 1. The molecule has 0 N–H and O–H groups in total. The van der Waals surface area contributed by atoms with Gasteiger partial charge in [0, 0.05) is 24.0 Å². The molecule has 0 radical (unpaired) electrons. The molecule has 4 heteroatoms. The van der Waals surface area contributed by atoms with E-state index in [0.717, 1.165) is 23.4 Å². The number of furan rings is 1. The number of hydrogen-bond donors (Lipinski definition) is 0. The van der Waals surface area contributed by atoms with E-state index in [1.54, 1.807) is 12.3 Å². The molecule has 3 nitrogen and oxygen atoms in total. The Morgan fingerprint density at radius 1 is 1.16 bits per heavy atom. The molecule has 0 bridgehead atoms. The van der Waals surface area contributed by atoms with Crippen molar-refractivity contribution in [3.05, 3.63) is 52.7 Å². The van der Waals surface area contributed by atoms with Gasteiger partial charge in [-0.2, -0.15) is 0 Å². The molecule has 0 spiro atoms. The van der Waals surface area contributed by atoms with Crippen molar-refractivity contribution in [2.75, 3.05) is 0 Å². The van der Waals surface area contributed by atoms with Crippen molar-refractivity contribution < 1.29 is 4.42 Å². The molecule has 19 heavy (non-hydrogen) atoms. The van der Waals surface area contributed by atoms with Gasteiger partial charge in [-0.3, -0.25) is 9.98 Å². The fraction of sp³-hybridized carbons (Fsp3) is 0.0667. The summed E-state index contributed by atoms with van der Waals surface area (Å²) in [4.78, 5) is 8.51. The van der Waals surface area contributed by atoms with Crippen molar-refractivity contribution in [3.8, 4) is 11.3 Å². The first-order valence-corrected chi connectivity index (χ1v) is 6.36. The number of pyridine rings is 1. The number of benzene rings is 1. The second kappa shape index (κ2) is 3.93. The van der Waals surface area contributed by atoms with Gasteiger partial charge < -0.3 is 4.42 Å². The summed E-state index contributed by atoms with van der Waals surface area (Å²) in [7, 11) is 0. The fourth-order valence-corrected chi connectivity index (χ4v) is 2.51. The molecule has 3 heterocycles. The molecular formula is C15H9ClN2O. The lowest BCUT2D eigenvalue weighted by molar-refractivity contribution is 0.631. The summed E-state index contributed by atoms with van der Waals surface area (Å²) in [6.45, 7) is 0.738. The Labute approximate surface area is 114 Å². The zero-order valence-corrected chi connectivity index (χ0v) is 10.7. The van der Waals surface area contributed by atoms with Gasteiger partial charge in [0.15, 0.2) is 5.58 Å². The number of rotatable bonds is 1. The van der Waals surface area contributed by atoms with Crippen LogP contribution in [0.4, 0.5) is 0 Å². The smallest absolute Gasteiger partial charge is 0.171 e. The van der Waals surface area contributed by atoms with E-state index in [9.17, 15) is 0 Å². The quantitative estimate of drug-likeness (QED) is 0.667. The van der Waals surface area contributed by atoms with E-state index >= 15 is 0 Å². The van der Waals surface area contributed by atoms with Gasteiger partial charge in [0.1, 0.15) is 11.3 Å². The number of hydrogen-bond acceptors (Lipinski definition) is 3. The summed E-state index contributed by atoms with van der Waals surface area (Å²) in [5.41, 5.74) is 4.83. The van der Waals surface area contributed by atoms with Gasteiger partial charge in [-0.05, 0) is 23.3 Å². The highest BCUT2D eigenvalue weighted by molar-refractivity contribution is 6.34. The minimum atomic E-state index is 0.584. The maximum atomic E-state index is 6.10. The Morgan fingerprint density at radius 2 is 2.11 bits per heavy atom. The van der Waals surface area contributed by atoms with E-state index in [4.69, 9.17) is 16.0 Å². The highest BCUT2D eigenvalue weighted by Crippen LogP contribution is 2.32. The average molecular weight is 269 g/mol. The van der Waals surface area contributed by atoms with Crippen molar-refractivity contribution in [1.82, 2.24) is 4.98 Å². The molecule has 0 fully saturated rings. The number of aromatic nitrogens is 1. The summed E-state index contributed by atoms with van der Waals surface area (Å²) >= 11 is 6.10. The normalized spacial score (nSPS) is 13.1. The van der Waals surface area contributed by atoms with Crippen LogP contribution in [-0.4, -0.2) is 11.2 Å². The zero-order valence-electron chi connectivity index (χ0n) is 9.93. The van der Waals surface area contributed by atoms with E-state index in [1.165, 1.54) is 11.1 Å². The van der Waals surface area contributed by atoms with E-state index in [1.807, 2.05) is 18.3 Å². The minimum absolute atomic E-state index is 0.584.